The summed E-state index contributed by atoms with van der Waals surface area (Å²) in [4.78, 5) is 5.29. The lowest BCUT2D eigenvalue weighted by atomic mass is 10.1. The number of nitrogens with zero attached hydrogens (tertiary/aromatic N) is 2. The van der Waals surface area contributed by atoms with Crippen molar-refractivity contribution in [3.63, 3.8) is 0 Å². The third-order valence-corrected chi connectivity index (χ3v) is 7.76. The van der Waals surface area contributed by atoms with Crippen LogP contribution in [0.25, 0.3) is 21.8 Å². The number of hydrogen-bond acceptors (Lipinski definition) is 6. The lowest BCUT2D eigenvalue weighted by molar-refractivity contribution is 0.213. The molecule has 0 atom stereocenters. The van der Waals surface area contributed by atoms with Crippen molar-refractivity contribution >= 4 is 52.6 Å². The fourth-order valence-electron chi connectivity index (χ4n) is 3.80. The van der Waals surface area contributed by atoms with Gasteiger partial charge in [-0.05, 0) is 49.6 Å². The molecular weight excluding hydrogens is 469 g/mol. The van der Waals surface area contributed by atoms with Gasteiger partial charge in [0.1, 0.15) is 10.7 Å². The van der Waals surface area contributed by atoms with Gasteiger partial charge in [0, 0.05) is 18.0 Å². The summed E-state index contributed by atoms with van der Waals surface area (Å²) >= 11 is 5.63. The summed E-state index contributed by atoms with van der Waals surface area (Å²) in [6.45, 7) is 4.47. The van der Waals surface area contributed by atoms with E-state index in [1.165, 1.54) is 5.39 Å². The van der Waals surface area contributed by atoms with E-state index in [0.29, 0.717) is 29.9 Å². The van der Waals surface area contributed by atoms with Crippen molar-refractivity contribution in [1.82, 2.24) is 9.55 Å². The van der Waals surface area contributed by atoms with E-state index in [1.807, 2.05) is 54.1 Å². The minimum absolute atomic E-state index is 0.192. The Labute approximate surface area is 204 Å². The molecule has 0 aliphatic carbocycles. The van der Waals surface area contributed by atoms with Crippen molar-refractivity contribution in [2.24, 2.45) is 7.05 Å². The van der Waals surface area contributed by atoms with Crippen molar-refractivity contribution in [1.29, 1.82) is 0 Å². The Hall–Kier alpha value is -2.77. The Balaban J connectivity index is 1.42. The van der Waals surface area contributed by atoms with Crippen LogP contribution in [0.1, 0.15) is 19.4 Å². The van der Waals surface area contributed by atoms with Gasteiger partial charge in [0.2, 0.25) is 5.95 Å². The van der Waals surface area contributed by atoms with Gasteiger partial charge in [-0.1, -0.05) is 42.5 Å². The minimum Gasteiger partial charge on any atom is -0.493 e. The molecule has 178 valence electrons. The van der Waals surface area contributed by atoms with Crippen LogP contribution in [0.3, 0.4) is 0 Å². The normalized spacial score (nSPS) is 11.7. The number of aryl methyl sites for hydroxylation is 1. The molecule has 0 aliphatic rings. The molecule has 0 bridgehead atoms. The molecule has 4 aromatic rings. The number of anilines is 1. The number of ether oxygens (including phenoxy) is 1. The average Bonchev–Trinajstić information content (AvgIpc) is 3.15. The Morgan fingerprint density at radius 2 is 1.74 bits per heavy atom. The first-order chi connectivity index (χ1) is 16.4. The maximum Gasteiger partial charge on any atom is 0.334 e. The molecule has 0 fully saturated rings. The van der Waals surface area contributed by atoms with Crippen LogP contribution < -0.4 is 10.1 Å². The van der Waals surface area contributed by atoms with Gasteiger partial charge < -0.3 is 23.7 Å². The Bertz CT molecular complexity index is 1340. The standard InChI is InChI=1S/C25H28N3O4PS/c1-4-31-33(29,32-5-2)17-16-30-20-13-10-19(11-14-20)24(34)27-25-26-22-15-12-18-8-6-7-9-21(18)23(22)28(25)3/h6-15H,4-5,16-17H2,1-3H3,(H,26,27,34). The number of rotatable bonds is 10. The zero-order valence-electron chi connectivity index (χ0n) is 19.5. The van der Waals surface area contributed by atoms with E-state index in [1.54, 1.807) is 13.8 Å². The predicted octanol–water partition coefficient (Wildman–Crippen LogP) is 6.16. The molecule has 0 saturated carbocycles. The van der Waals surface area contributed by atoms with Crippen molar-refractivity contribution in [2.75, 3.05) is 31.3 Å². The zero-order chi connectivity index (χ0) is 24.1. The van der Waals surface area contributed by atoms with E-state index in [-0.39, 0.29) is 12.8 Å². The van der Waals surface area contributed by atoms with E-state index in [2.05, 4.69) is 23.5 Å². The van der Waals surface area contributed by atoms with E-state index in [0.717, 1.165) is 22.0 Å². The zero-order valence-corrected chi connectivity index (χ0v) is 21.2. The highest BCUT2D eigenvalue weighted by atomic mass is 32.1. The largest absolute Gasteiger partial charge is 0.493 e. The average molecular weight is 498 g/mol. The molecule has 0 radical (unpaired) electrons. The number of fused-ring (bicyclic) bond motifs is 3. The van der Waals surface area contributed by atoms with Gasteiger partial charge in [-0.15, -0.1) is 0 Å². The third kappa shape index (κ3) is 5.31. The summed E-state index contributed by atoms with van der Waals surface area (Å²) in [5, 5.41) is 5.58. The fraction of sp³-hybridized carbons (Fsp3) is 0.280. The molecule has 1 heterocycles. The first-order valence-corrected chi connectivity index (χ1v) is 13.3. The van der Waals surface area contributed by atoms with E-state index < -0.39 is 7.60 Å². The van der Waals surface area contributed by atoms with Crippen LogP contribution >= 0.6 is 19.8 Å². The van der Waals surface area contributed by atoms with Crippen LogP contribution in [0.4, 0.5) is 5.95 Å². The van der Waals surface area contributed by atoms with Gasteiger partial charge >= 0.3 is 7.60 Å². The van der Waals surface area contributed by atoms with Crippen molar-refractivity contribution in [3.8, 4) is 5.75 Å². The molecule has 7 nitrogen and oxygen atoms in total. The number of aromatic nitrogens is 2. The van der Waals surface area contributed by atoms with Gasteiger partial charge in [-0.2, -0.15) is 0 Å². The highest BCUT2D eigenvalue weighted by Gasteiger charge is 2.23. The van der Waals surface area contributed by atoms with Crippen LogP contribution in [0, 0.1) is 0 Å². The highest BCUT2D eigenvalue weighted by Crippen LogP contribution is 2.47. The lowest BCUT2D eigenvalue weighted by Crippen LogP contribution is -2.14. The molecule has 0 saturated heterocycles. The summed E-state index contributed by atoms with van der Waals surface area (Å²) in [7, 11) is -1.14. The fourth-order valence-corrected chi connectivity index (χ4v) is 5.47. The van der Waals surface area contributed by atoms with Crippen LogP contribution in [-0.4, -0.2) is 40.5 Å². The van der Waals surface area contributed by atoms with E-state index in [4.69, 9.17) is 31.0 Å². The Kier molecular flexibility index (Phi) is 7.63. The van der Waals surface area contributed by atoms with Crippen molar-refractivity contribution in [2.45, 2.75) is 13.8 Å². The van der Waals surface area contributed by atoms with Crippen molar-refractivity contribution in [3.05, 3.63) is 66.2 Å². The molecule has 3 aromatic carbocycles. The third-order valence-electron chi connectivity index (χ3n) is 5.39. The number of benzene rings is 3. The summed E-state index contributed by atoms with van der Waals surface area (Å²) in [5.41, 5.74) is 2.81. The van der Waals surface area contributed by atoms with Crippen LogP contribution in [-0.2, 0) is 20.7 Å². The molecule has 1 aromatic heterocycles. The van der Waals surface area contributed by atoms with Gasteiger partial charge in [-0.3, -0.25) is 4.57 Å². The first kappa shape index (κ1) is 24.4. The summed E-state index contributed by atoms with van der Waals surface area (Å²) in [5.74, 6) is 1.33. The molecule has 0 amide bonds. The topological polar surface area (TPSA) is 74.6 Å². The maximum absolute atomic E-state index is 12.5. The maximum atomic E-state index is 12.5. The molecule has 9 heteroatoms. The molecule has 4 rings (SSSR count). The van der Waals surface area contributed by atoms with E-state index >= 15 is 0 Å². The second-order valence-electron chi connectivity index (χ2n) is 7.65. The SMILES string of the molecule is CCOP(=O)(CCOc1ccc(C(=S)Nc2nc3ccc4ccccc4c3n2C)cc1)OCC. The van der Waals surface area contributed by atoms with Crippen LogP contribution in [0.15, 0.2) is 60.7 Å². The lowest BCUT2D eigenvalue weighted by Gasteiger charge is -2.17. The number of nitrogens with one attached hydrogen (secondary N) is 1. The highest BCUT2D eigenvalue weighted by molar-refractivity contribution is 7.81. The Morgan fingerprint density at radius 3 is 2.44 bits per heavy atom. The van der Waals surface area contributed by atoms with Gasteiger partial charge in [0.05, 0.1) is 37.0 Å². The van der Waals surface area contributed by atoms with Crippen LogP contribution in [0.2, 0.25) is 0 Å². The molecule has 34 heavy (non-hydrogen) atoms. The first-order valence-electron chi connectivity index (χ1n) is 11.2. The second-order valence-corrected chi connectivity index (χ2v) is 10.2. The Morgan fingerprint density at radius 1 is 1.03 bits per heavy atom. The van der Waals surface area contributed by atoms with Gasteiger partial charge in [0.15, 0.2) is 0 Å². The minimum atomic E-state index is -3.12. The number of thiocarbonyl (C=S) groups is 1. The predicted molar refractivity (Wildman–Crippen MR) is 141 cm³/mol. The summed E-state index contributed by atoms with van der Waals surface area (Å²) in [6, 6.07) is 19.8. The quantitative estimate of drug-likeness (QED) is 0.208. The summed E-state index contributed by atoms with van der Waals surface area (Å²) in [6.07, 6.45) is 0.192. The molecular formula is C25H28N3O4PS. The second kappa shape index (κ2) is 10.7. The number of imidazole rings is 1. The molecule has 0 spiro atoms. The molecule has 1 N–H and O–H groups in total. The number of hydrogen-bond donors (Lipinski definition) is 1. The summed E-state index contributed by atoms with van der Waals surface area (Å²) < 4.78 is 30.9. The molecule has 0 aliphatic heterocycles. The van der Waals surface area contributed by atoms with E-state index in [9.17, 15) is 4.57 Å². The van der Waals surface area contributed by atoms with Gasteiger partial charge in [0.25, 0.3) is 0 Å². The van der Waals surface area contributed by atoms with Crippen LogP contribution in [0.5, 0.6) is 5.75 Å². The van der Waals surface area contributed by atoms with Crippen molar-refractivity contribution < 1.29 is 18.3 Å². The monoisotopic (exact) mass is 497 g/mol. The van der Waals surface area contributed by atoms with Gasteiger partial charge in [-0.25, -0.2) is 4.98 Å². The molecule has 0 unspecified atom stereocenters. The smallest absolute Gasteiger partial charge is 0.334 e.